The highest BCUT2D eigenvalue weighted by Crippen LogP contribution is 2.30. The second-order valence-electron chi connectivity index (χ2n) is 8.69. The SMILES string of the molecule is O=C(c1ccccc1NCc1ccccc1)N1CCC[C@H](c2cc(-c3ccc(F)cc3)n[nH]2)C1. The first kappa shape index (κ1) is 21.9. The fourth-order valence-electron chi connectivity index (χ4n) is 4.52. The van der Waals surface area contributed by atoms with E-state index in [1.54, 1.807) is 12.1 Å². The van der Waals surface area contributed by atoms with Crippen LogP contribution in [0.5, 0.6) is 0 Å². The van der Waals surface area contributed by atoms with Crippen molar-refractivity contribution in [3.63, 3.8) is 0 Å². The summed E-state index contributed by atoms with van der Waals surface area (Å²) in [5.41, 5.74) is 5.36. The molecule has 1 fully saturated rings. The maximum atomic E-state index is 13.5. The van der Waals surface area contributed by atoms with Crippen LogP contribution in [-0.2, 0) is 6.54 Å². The highest BCUT2D eigenvalue weighted by molar-refractivity contribution is 5.99. The smallest absolute Gasteiger partial charge is 0.255 e. The molecule has 0 spiro atoms. The average Bonchev–Trinajstić information content (AvgIpc) is 3.39. The van der Waals surface area contributed by atoms with Crippen LogP contribution in [0.3, 0.4) is 0 Å². The van der Waals surface area contributed by atoms with Crippen LogP contribution in [-0.4, -0.2) is 34.1 Å². The molecule has 0 unspecified atom stereocenters. The van der Waals surface area contributed by atoms with E-state index in [2.05, 4.69) is 27.6 Å². The number of para-hydroxylation sites is 1. The van der Waals surface area contributed by atoms with Gasteiger partial charge in [-0.05, 0) is 60.9 Å². The second kappa shape index (κ2) is 9.91. The van der Waals surface area contributed by atoms with Crippen molar-refractivity contribution in [1.29, 1.82) is 0 Å². The lowest BCUT2D eigenvalue weighted by molar-refractivity contribution is 0.0707. The third-order valence-electron chi connectivity index (χ3n) is 6.37. The molecule has 34 heavy (non-hydrogen) atoms. The van der Waals surface area contributed by atoms with E-state index in [4.69, 9.17) is 0 Å². The Morgan fingerprint density at radius 3 is 2.62 bits per heavy atom. The number of carbonyl (C=O) groups excluding carboxylic acids is 1. The number of amides is 1. The summed E-state index contributed by atoms with van der Waals surface area (Å²) >= 11 is 0. The van der Waals surface area contributed by atoms with E-state index >= 15 is 0 Å². The summed E-state index contributed by atoms with van der Waals surface area (Å²) < 4.78 is 13.3. The zero-order valence-electron chi connectivity index (χ0n) is 18.9. The number of benzene rings is 3. The van der Waals surface area contributed by atoms with E-state index in [1.165, 1.54) is 17.7 Å². The van der Waals surface area contributed by atoms with Gasteiger partial charge >= 0.3 is 0 Å². The fraction of sp³-hybridized carbons (Fsp3) is 0.214. The Kier molecular flexibility index (Phi) is 6.38. The molecule has 1 amide bonds. The van der Waals surface area contributed by atoms with Crippen LogP contribution in [0.2, 0.25) is 0 Å². The van der Waals surface area contributed by atoms with Gasteiger partial charge in [0.2, 0.25) is 0 Å². The summed E-state index contributed by atoms with van der Waals surface area (Å²) in [6.07, 6.45) is 1.92. The summed E-state index contributed by atoms with van der Waals surface area (Å²) in [5, 5.41) is 11.0. The average molecular weight is 455 g/mol. The summed E-state index contributed by atoms with van der Waals surface area (Å²) in [6.45, 7) is 2.03. The van der Waals surface area contributed by atoms with Crippen LogP contribution >= 0.6 is 0 Å². The molecule has 4 aromatic rings. The Morgan fingerprint density at radius 1 is 1.03 bits per heavy atom. The summed E-state index contributed by atoms with van der Waals surface area (Å²) in [4.78, 5) is 15.4. The number of anilines is 1. The molecule has 3 aromatic carbocycles. The molecule has 1 aliphatic heterocycles. The number of piperidine rings is 1. The molecule has 0 radical (unpaired) electrons. The number of carbonyl (C=O) groups is 1. The number of H-pyrrole nitrogens is 1. The Bertz CT molecular complexity index is 1250. The van der Waals surface area contributed by atoms with Crippen LogP contribution in [0.1, 0.15) is 40.4 Å². The molecule has 172 valence electrons. The molecule has 0 bridgehead atoms. The molecule has 1 aliphatic rings. The van der Waals surface area contributed by atoms with Gasteiger partial charge in [-0.2, -0.15) is 5.10 Å². The van der Waals surface area contributed by atoms with Crippen LogP contribution in [0.25, 0.3) is 11.3 Å². The van der Waals surface area contributed by atoms with Gasteiger partial charge in [0.1, 0.15) is 5.82 Å². The van der Waals surface area contributed by atoms with E-state index in [9.17, 15) is 9.18 Å². The number of aromatic amines is 1. The Hall–Kier alpha value is -3.93. The molecular formula is C28H27FN4O. The van der Waals surface area contributed by atoms with Crippen LogP contribution < -0.4 is 5.32 Å². The Balaban J connectivity index is 1.29. The molecule has 0 saturated carbocycles. The Morgan fingerprint density at radius 2 is 1.79 bits per heavy atom. The van der Waals surface area contributed by atoms with E-state index < -0.39 is 0 Å². The first-order valence-corrected chi connectivity index (χ1v) is 11.6. The van der Waals surface area contributed by atoms with Crippen molar-refractivity contribution >= 4 is 11.6 Å². The maximum Gasteiger partial charge on any atom is 0.255 e. The van der Waals surface area contributed by atoms with Gasteiger partial charge in [0.25, 0.3) is 5.91 Å². The normalized spacial score (nSPS) is 15.8. The summed E-state index contributed by atoms with van der Waals surface area (Å²) in [5.74, 6) is -0.0394. The molecule has 5 rings (SSSR count). The van der Waals surface area contributed by atoms with E-state index in [0.29, 0.717) is 18.7 Å². The number of rotatable bonds is 6. The number of nitrogens with zero attached hydrogens (tertiary/aromatic N) is 2. The number of likely N-dealkylation sites (tertiary alicyclic amines) is 1. The van der Waals surface area contributed by atoms with Crippen LogP contribution in [0.15, 0.2) is 84.9 Å². The first-order chi connectivity index (χ1) is 16.7. The van der Waals surface area contributed by atoms with Gasteiger partial charge in [-0.15, -0.1) is 0 Å². The van der Waals surface area contributed by atoms with E-state index in [-0.39, 0.29) is 17.6 Å². The fourth-order valence-corrected chi connectivity index (χ4v) is 4.52. The van der Waals surface area contributed by atoms with Gasteiger partial charge < -0.3 is 10.2 Å². The topological polar surface area (TPSA) is 61.0 Å². The highest BCUT2D eigenvalue weighted by atomic mass is 19.1. The minimum absolute atomic E-state index is 0.0409. The van der Waals surface area contributed by atoms with Crippen LogP contribution in [0.4, 0.5) is 10.1 Å². The van der Waals surface area contributed by atoms with Crippen molar-refractivity contribution < 1.29 is 9.18 Å². The summed E-state index contributed by atoms with van der Waals surface area (Å²) in [6, 6.07) is 26.2. The highest BCUT2D eigenvalue weighted by Gasteiger charge is 2.28. The lowest BCUT2D eigenvalue weighted by Gasteiger charge is -2.32. The van der Waals surface area contributed by atoms with Gasteiger partial charge in [-0.3, -0.25) is 9.89 Å². The van der Waals surface area contributed by atoms with Gasteiger partial charge in [-0.25, -0.2) is 4.39 Å². The minimum atomic E-state index is -0.264. The predicted molar refractivity (Wildman–Crippen MR) is 132 cm³/mol. The first-order valence-electron chi connectivity index (χ1n) is 11.6. The number of aromatic nitrogens is 2. The molecule has 5 nitrogen and oxygen atoms in total. The van der Waals surface area contributed by atoms with Crippen LogP contribution in [0, 0.1) is 5.82 Å². The number of hydrogen-bond acceptors (Lipinski definition) is 3. The number of halogens is 1. The van der Waals surface area contributed by atoms with Gasteiger partial charge in [-0.1, -0.05) is 42.5 Å². The Labute approximate surface area is 198 Å². The largest absolute Gasteiger partial charge is 0.380 e. The maximum absolute atomic E-state index is 13.5. The van der Waals surface area contributed by atoms with Gasteiger partial charge in [0.15, 0.2) is 0 Å². The molecule has 1 saturated heterocycles. The third-order valence-corrected chi connectivity index (χ3v) is 6.37. The van der Waals surface area contributed by atoms with Gasteiger partial charge in [0.05, 0.1) is 11.3 Å². The molecule has 6 heteroatoms. The molecule has 1 aromatic heterocycles. The lowest BCUT2D eigenvalue weighted by atomic mass is 9.93. The quantitative estimate of drug-likeness (QED) is 0.384. The number of hydrogen-bond donors (Lipinski definition) is 2. The zero-order valence-corrected chi connectivity index (χ0v) is 18.9. The van der Waals surface area contributed by atoms with E-state index in [1.807, 2.05) is 53.4 Å². The third kappa shape index (κ3) is 4.86. The zero-order chi connectivity index (χ0) is 23.3. The molecule has 2 heterocycles. The van der Waals surface area contributed by atoms with Crippen molar-refractivity contribution in [3.8, 4) is 11.3 Å². The van der Waals surface area contributed by atoms with Crippen molar-refractivity contribution in [2.24, 2.45) is 0 Å². The number of nitrogens with one attached hydrogen (secondary N) is 2. The molecular weight excluding hydrogens is 427 g/mol. The molecule has 1 atom stereocenters. The summed E-state index contributed by atoms with van der Waals surface area (Å²) in [7, 11) is 0. The molecule has 0 aliphatic carbocycles. The standard InChI is InChI=1S/C28H27FN4O/c29-23-14-12-21(13-15-23)26-17-27(32-31-26)22-9-6-16-33(19-22)28(34)24-10-4-5-11-25(24)30-18-20-7-2-1-3-8-20/h1-5,7-8,10-15,17,22,30H,6,9,16,18-19H2,(H,31,32)/t22-/m0/s1. The van der Waals surface area contributed by atoms with Crippen molar-refractivity contribution in [2.75, 3.05) is 18.4 Å². The lowest BCUT2D eigenvalue weighted by Crippen LogP contribution is -2.39. The van der Waals surface area contributed by atoms with Crippen molar-refractivity contribution in [2.45, 2.75) is 25.3 Å². The predicted octanol–water partition coefficient (Wildman–Crippen LogP) is 5.85. The minimum Gasteiger partial charge on any atom is -0.380 e. The van der Waals surface area contributed by atoms with E-state index in [0.717, 1.165) is 42.0 Å². The second-order valence-corrected chi connectivity index (χ2v) is 8.69. The van der Waals surface area contributed by atoms with Crippen molar-refractivity contribution in [1.82, 2.24) is 15.1 Å². The van der Waals surface area contributed by atoms with Gasteiger partial charge in [0, 0.05) is 42.5 Å². The monoisotopic (exact) mass is 454 g/mol. The van der Waals surface area contributed by atoms with Crippen molar-refractivity contribution in [3.05, 3.63) is 108 Å². The molecule has 2 N–H and O–H groups in total.